The maximum Gasteiger partial charge on any atom is 0.330 e. The second-order valence-electron chi connectivity index (χ2n) is 9.16. The molecule has 190 valence electrons. The van der Waals surface area contributed by atoms with Crippen LogP contribution in [0.2, 0.25) is 0 Å². The summed E-state index contributed by atoms with van der Waals surface area (Å²) in [6, 6.07) is 20.0. The predicted octanol–water partition coefficient (Wildman–Crippen LogP) is 4.86. The number of fused-ring (bicyclic) bond motifs is 2. The zero-order valence-electron chi connectivity index (χ0n) is 20.6. The number of aryl methyl sites for hydroxylation is 1. The fraction of sp³-hybridized carbons (Fsp3) is 0.207. The normalized spacial score (nSPS) is 15.5. The van der Waals surface area contributed by atoms with Crippen LogP contribution >= 0.6 is 0 Å². The topological polar surface area (TPSA) is 105 Å². The van der Waals surface area contributed by atoms with Crippen LogP contribution in [0.25, 0.3) is 17.0 Å². The number of benzene rings is 3. The number of hydrogen-bond acceptors (Lipinski definition) is 5. The maximum atomic E-state index is 14.0. The first kappa shape index (κ1) is 24.8. The number of carbonyl (C=O) groups excluding carboxylic acids is 1. The number of nitrogens with zero attached hydrogens (tertiary/aromatic N) is 1. The Labute approximate surface area is 216 Å². The van der Waals surface area contributed by atoms with Crippen molar-refractivity contribution in [3.63, 3.8) is 0 Å². The number of H-pyrrole nitrogens is 1. The highest BCUT2D eigenvalue weighted by Crippen LogP contribution is 2.39. The average Bonchev–Trinajstić information content (AvgIpc) is 3.51. The van der Waals surface area contributed by atoms with E-state index in [4.69, 9.17) is 5.73 Å². The number of anilines is 1. The second-order valence-corrected chi connectivity index (χ2v) is 11.1. The number of nitrogens with one attached hydrogen (secondary N) is 1. The molecule has 5 rings (SSSR count). The summed E-state index contributed by atoms with van der Waals surface area (Å²) in [6.45, 7) is 0.336. The van der Waals surface area contributed by atoms with Gasteiger partial charge in [-0.3, -0.25) is 0 Å². The molecule has 0 aliphatic heterocycles. The van der Waals surface area contributed by atoms with E-state index in [2.05, 4.69) is 9.72 Å². The van der Waals surface area contributed by atoms with E-state index in [1.54, 1.807) is 34.6 Å². The predicted molar refractivity (Wildman–Crippen MR) is 145 cm³/mol. The Bertz CT molecular complexity index is 1570. The van der Waals surface area contributed by atoms with Crippen molar-refractivity contribution in [3.8, 4) is 0 Å². The Morgan fingerprint density at radius 1 is 1.14 bits per heavy atom. The second kappa shape index (κ2) is 10.2. The zero-order valence-corrected chi connectivity index (χ0v) is 21.4. The molecule has 0 spiro atoms. The van der Waals surface area contributed by atoms with Crippen molar-refractivity contribution in [1.82, 2.24) is 9.29 Å². The average molecular weight is 516 g/mol. The van der Waals surface area contributed by atoms with E-state index in [1.165, 1.54) is 13.2 Å². The molecule has 8 heteroatoms. The van der Waals surface area contributed by atoms with Crippen LogP contribution in [0.4, 0.5) is 5.69 Å². The summed E-state index contributed by atoms with van der Waals surface area (Å²) in [7, 11) is -2.45. The van der Waals surface area contributed by atoms with Crippen molar-refractivity contribution in [2.45, 2.75) is 30.2 Å². The first-order valence-corrected chi connectivity index (χ1v) is 13.6. The van der Waals surface area contributed by atoms with E-state index in [9.17, 15) is 13.2 Å². The summed E-state index contributed by atoms with van der Waals surface area (Å²) in [4.78, 5) is 15.0. The fourth-order valence-electron chi connectivity index (χ4n) is 5.04. The summed E-state index contributed by atoms with van der Waals surface area (Å²) in [6.07, 6.45) is 7.06. The Morgan fingerprint density at radius 2 is 1.92 bits per heavy atom. The van der Waals surface area contributed by atoms with Gasteiger partial charge in [0.2, 0.25) is 10.0 Å². The van der Waals surface area contributed by atoms with Gasteiger partial charge in [-0.1, -0.05) is 36.4 Å². The van der Waals surface area contributed by atoms with E-state index in [0.717, 1.165) is 39.6 Å². The lowest BCUT2D eigenvalue weighted by atomic mass is 10.0. The molecular formula is C29H29N3O4S. The summed E-state index contributed by atoms with van der Waals surface area (Å²) in [5, 5.41) is 1.10. The van der Waals surface area contributed by atoms with Crippen LogP contribution in [0.5, 0.6) is 0 Å². The molecule has 1 atom stereocenters. The highest BCUT2D eigenvalue weighted by Gasteiger charge is 2.36. The van der Waals surface area contributed by atoms with Gasteiger partial charge in [0, 0.05) is 35.4 Å². The first-order chi connectivity index (χ1) is 17.9. The van der Waals surface area contributed by atoms with Crippen molar-refractivity contribution in [2.75, 3.05) is 19.4 Å². The number of aromatic nitrogens is 1. The minimum atomic E-state index is -3.79. The minimum Gasteiger partial charge on any atom is -0.466 e. The molecule has 0 amide bonds. The van der Waals surface area contributed by atoms with Gasteiger partial charge in [0.15, 0.2) is 0 Å². The molecule has 0 radical (unpaired) electrons. The molecule has 1 heterocycles. The van der Waals surface area contributed by atoms with Crippen LogP contribution in [0.15, 0.2) is 83.9 Å². The van der Waals surface area contributed by atoms with E-state index in [-0.39, 0.29) is 10.9 Å². The molecule has 0 bridgehead atoms. The van der Waals surface area contributed by atoms with Gasteiger partial charge in [0.25, 0.3) is 0 Å². The number of methoxy groups -OCH3 is 1. The van der Waals surface area contributed by atoms with Crippen LogP contribution in [0, 0.1) is 0 Å². The van der Waals surface area contributed by atoms with Gasteiger partial charge in [0.05, 0.1) is 18.0 Å². The molecule has 0 saturated carbocycles. The zero-order chi connectivity index (χ0) is 26.0. The molecule has 7 nitrogen and oxygen atoms in total. The van der Waals surface area contributed by atoms with Crippen molar-refractivity contribution in [1.29, 1.82) is 0 Å². The van der Waals surface area contributed by atoms with Gasteiger partial charge in [-0.05, 0) is 77.9 Å². The summed E-state index contributed by atoms with van der Waals surface area (Å²) in [5.41, 5.74) is 11.4. The van der Waals surface area contributed by atoms with Gasteiger partial charge in [-0.15, -0.1) is 0 Å². The van der Waals surface area contributed by atoms with Gasteiger partial charge < -0.3 is 15.5 Å². The molecule has 1 aliphatic rings. The monoisotopic (exact) mass is 515 g/mol. The summed E-state index contributed by atoms with van der Waals surface area (Å²) in [5.74, 6) is -0.420. The molecule has 3 N–H and O–H groups in total. The van der Waals surface area contributed by atoms with Crippen LogP contribution in [-0.2, 0) is 32.4 Å². The highest BCUT2D eigenvalue weighted by atomic mass is 32.2. The number of rotatable bonds is 8. The molecule has 1 aromatic heterocycles. The number of nitrogens with two attached hydrogens (primary N) is 1. The van der Waals surface area contributed by atoms with Crippen LogP contribution in [0.3, 0.4) is 0 Å². The Balaban J connectivity index is 1.49. The number of nitrogen functional groups attached to an aromatic ring is 1. The van der Waals surface area contributed by atoms with Crippen molar-refractivity contribution >= 4 is 38.7 Å². The molecule has 3 aromatic carbocycles. The van der Waals surface area contributed by atoms with E-state index in [0.29, 0.717) is 25.1 Å². The Hall–Kier alpha value is -3.88. The fourth-order valence-corrected chi connectivity index (χ4v) is 6.67. The van der Waals surface area contributed by atoms with Gasteiger partial charge in [-0.2, -0.15) is 4.31 Å². The number of ether oxygens (including phenoxy) is 1. The van der Waals surface area contributed by atoms with Gasteiger partial charge in [0.1, 0.15) is 0 Å². The Morgan fingerprint density at radius 3 is 2.70 bits per heavy atom. The van der Waals surface area contributed by atoms with Crippen LogP contribution in [-0.4, -0.2) is 37.3 Å². The number of aromatic amines is 1. The molecular weight excluding hydrogens is 486 g/mol. The SMILES string of the molecule is COC(=O)C=Cc1ccc2c(c1)CCC2N(CCc1c[nH]c2ccccc12)S(=O)(=O)c1ccc(N)cc1. The standard InChI is InChI=1S/C29H29N3O4S/c1-36-29(33)15-7-20-6-13-26-21(18-20)8-14-28(26)32(37(34,35)24-11-9-23(30)10-12-24)17-16-22-19-31-27-5-3-2-4-25(22)27/h2-7,9-13,15,18-19,28,31H,8,14,16-17,30H2,1H3. The van der Waals surface area contributed by atoms with E-state index in [1.807, 2.05) is 48.7 Å². The third-order valence-corrected chi connectivity index (χ3v) is 8.86. The highest BCUT2D eigenvalue weighted by molar-refractivity contribution is 7.89. The molecule has 1 aliphatic carbocycles. The third-order valence-electron chi connectivity index (χ3n) is 6.94. The number of carbonyl (C=O) groups is 1. The first-order valence-electron chi connectivity index (χ1n) is 12.2. The van der Waals surface area contributed by atoms with Gasteiger partial charge in [-0.25, -0.2) is 13.2 Å². The lowest BCUT2D eigenvalue weighted by Gasteiger charge is -2.29. The summed E-state index contributed by atoms with van der Waals surface area (Å²) >= 11 is 0. The third kappa shape index (κ3) is 5.03. The molecule has 0 saturated heterocycles. The minimum absolute atomic E-state index is 0.228. The number of sulfonamides is 1. The van der Waals surface area contributed by atoms with Gasteiger partial charge >= 0.3 is 5.97 Å². The number of hydrogen-bond donors (Lipinski definition) is 2. The smallest absolute Gasteiger partial charge is 0.330 e. The van der Waals surface area contributed by atoms with Crippen LogP contribution in [0.1, 0.15) is 34.7 Å². The largest absolute Gasteiger partial charge is 0.466 e. The lowest BCUT2D eigenvalue weighted by Crippen LogP contribution is -2.35. The van der Waals surface area contributed by atoms with E-state index >= 15 is 0 Å². The van der Waals surface area contributed by atoms with Crippen molar-refractivity contribution in [2.24, 2.45) is 0 Å². The lowest BCUT2D eigenvalue weighted by molar-refractivity contribution is -0.134. The summed E-state index contributed by atoms with van der Waals surface area (Å²) < 4.78 is 34.2. The number of para-hydroxylation sites is 1. The molecule has 1 unspecified atom stereocenters. The number of esters is 1. The van der Waals surface area contributed by atoms with E-state index < -0.39 is 16.0 Å². The Kier molecular flexibility index (Phi) is 6.86. The van der Waals surface area contributed by atoms with Crippen molar-refractivity contribution < 1.29 is 17.9 Å². The quantitative estimate of drug-likeness (QED) is 0.198. The van der Waals surface area contributed by atoms with Crippen LogP contribution < -0.4 is 5.73 Å². The maximum absolute atomic E-state index is 14.0. The van der Waals surface area contributed by atoms with Crippen molar-refractivity contribution in [3.05, 3.63) is 101 Å². The molecule has 4 aromatic rings. The molecule has 0 fully saturated rings. The molecule has 37 heavy (non-hydrogen) atoms.